The molecule has 1 saturated heterocycles. The van der Waals surface area contributed by atoms with Crippen LogP contribution in [0.3, 0.4) is 0 Å². The van der Waals surface area contributed by atoms with E-state index in [1.54, 1.807) is 36.3 Å². The summed E-state index contributed by atoms with van der Waals surface area (Å²) in [5.74, 6) is 0.586. The van der Waals surface area contributed by atoms with Gasteiger partial charge in [0.05, 0.1) is 25.9 Å². The fraction of sp³-hybridized carbons (Fsp3) is 0.304. The molecule has 0 spiro atoms. The van der Waals surface area contributed by atoms with E-state index in [4.69, 9.17) is 14.2 Å². The maximum absolute atomic E-state index is 12.8. The number of nitrogens with zero attached hydrogens (tertiary/aromatic N) is 1. The van der Waals surface area contributed by atoms with Gasteiger partial charge in [-0.15, -0.1) is 0 Å². The third-order valence-corrected chi connectivity index (χ3v) is 4.64. The van der Waals surface area contributed by atoms with Crippen molar-refractivity contribution in [3.8, 4) is 11.5 Å². The van der Waals surface area contributed by atoms with Crippen molar-refractivity contribution in [1.29, 1.82) is 0 Å². The van der Waals surface area contributed by atoms with Gasteiger partial charge in [0.25, 0.3) is 5.91 Å². The molecule has 1 aliphatic rings. The van der Waals surface area contributed by atoms with E-state index >= 15 is 0 Å². The molecular formula is C23H25NO5. The van der Waals surface area contributed by atoms with Crippen molar-refractivity contribution in [3.63, 3.8) is 0 Å². The van der Waals surface area contributed by atoms with Crippen LogP contribution >= 0.6 is 0 Å². The number of carbonyl (C=O) groups is 2. The highest BCUT2D eigenvalue weighted by molar-refractivity contribution is 6.21. The molecule has 0 N–H and O–H groups in total. The van der Waals surface area contributed by atoms with Crippen LogP contribution in [0, 0.1) is 0 Å². The van der Waals surface area contributed by atoms with Crippen LogP contribution in [0.15, 0.2) is 54.1 Å². The summed E-state index contributed by atoms with van der Waals surface area (Å²) in [5, 5.41) is 0. The molecule has 152 valence electrons. The van der Waals surface area contributed by atoms with Crippen molar-refractivity contribution >= 4 is 17.8 Å². The number of amides is 1. The van der Waals surface area contributed by atoms with Crippen molar-refractivity contribution in [3.05, 3.63) is 65.2 Å². The highest BCUT2D eigenvalue weighted by Crippen LogP contribution is 2.30. The first-order chi connectivity index (χ1) is 14.1. The third kappa shape index (κ3) is 5.45. The molecule has 0 saturated carbocycles. The number of methoxy groups -OCH3 is 1. The smallest absolute Gasteiger partial charge is 0.257 e. The molecule has 2 aromatic carbocycles. The van der Waals surface area contributed by atoms with E-state index in [-0.39, 0.29) is 17.3 Å². The van der Waals surface area contributed by atoms with Gasteiger partial charge in [-0.2, -0.15) is 0 Å². The Hall–Kier alpha value is -3.12. The second-order valence-electron chi connectivity index (χ2n) is 6.70. The fourth-order valence-corrected chi connectivity index (χ4v) is 3.05. The first-order valence-electron chi connectivity index (χ1n) is 9.53. The number of Topliss-reactive ketones (excluding diaryl/α,β-unsaturated/α-hetero) is 1. The standard InChI is InChI=1S/C23H25NO5/c1-17(25)20(23(26)24-10-12-28-13-11-24)14-19-8-9-21(22(15-19)27-2)29-16-18-6-4-3-5-7-18/h3-9,14-15H,10-13,16H2,1-2H3/b20-14-. The number of ether oxygens (including phenoxy) is 3. The van der Waals surface area contributed by atoms with Gasteiger partial charge in [-0.3, -0.25) is 9.59 Å². The molecule has 0 bridgehead atoms. The summed E-state index contributed by atoms with van der Waals surface area (Å²) in [6, 6.07) is 15.2. The topological polar surface area (TPSA) is 65.1 Å². The monoisotopic (exact) mass is 395 g/mol. The maximum Gasteiger partial charge on any atom is 0.257 e. The second-order valence-corrected chi connectivity index (χ2v) is 6.70. The summed E-state index contributed by atoms with van der Waals surface area (Å²) in [5.41, 5.74) is 1.89. The molecule has 0 aromatic heterocycles. The van der Waals surface area contributed by atoms with Gasteiger partial charge >= 0.3 is 0 Å². The van der Waals surface area contributed by atoms with Crippen molar-refractivity contribution in [2.45, 2.75) is 13.5 Å². The van der Waals surface area contributed by atoms with E-state index < -0.39 is 0 Å². The summed E-state index contributed by atoms with van der Waals surface area (Å²) in [7, 11) is 1.56. The molecule has 1 heterocycles. The summed E-state index contributed by atoms with van der Waals surface area (Å²) >= 11 is 0. The minimum Gasteiger partial charge on any atom is -0.493 e. The van der Waals surface area contributed by atoms with Gasteiger partial charge in [0.2, 0.25) is 0 Å². The lowest BCUT2D eigenvalue weighted by molar-refractivity contribution is -0.132. The highest BCUT2D eigenvalue weighted by Gasteiger charge is 2.23. The largest absolute Gasteiger partial charge is 0.493 e. The second kappa shape index (κ2) is 9.89. The van der Waals surface area contributed by atoms with E-state index in [0.717, 1.165) is 5.56 Å². The van der Waals surface area contributed by atoms with E-state index in [9.17, 15) is 9.59 Å². The van der Waals surface area contributed by atoms with Gasteiger partial charge in [0, 0.05) is 13.1 Å². The zero-order valence-corrected chi connectivity index (χ0v) is 16.7. The van der Waals surface area contributed by atoms with Gasteiger partial charge in [0.1, 0.15) is 6.61 Å². The molecule has 3 rings (SSSR count). The van der Waals surface area contributed by atoms with Crippen molar-refractivity contribution in [2.24, 2.45) is 0 Å². The Balaban J connectivity index is 1.79. The van der Waals surface area contributed by atoms with Crippen LogP contribution in [0.25, 0.3) is 6.08 Å². The van der Waals surface area contributed by atoms with Crippen LogP contribution in [-0.2, 0) is 20.9 Å². The Morgan fingerprint density at radius 3 is 2.45 bits per heavy atom. The summed E-state index contributed by atoms with van der Waals surface area (Å²) < 4.78 is 16.6. The first-order valence-corrected chi connectivity index (χ1v) is 9.53. The van der Waals surface area contributed by atoms with Gasteiger partial charge in [-0.05, 0) is 36.3 Å². The molecular weight excluding hydrogens is 370 g/mol. The zero-order chi connectivity index (χ0) is 20.6. The molecule has 1 amide bonds. The third-order valence-electron chi connectivity index (χ3n) is 4.64. The predicted molar refractivity (Wildman–Crippen MR) is 110 cm³/mol. The number of rotatable bonds is 7. The lowest BCUT2D eigenvalue weighted by atomic mass is 10.1. The Kier molecular flexibility index (Phi) is 7.03. The lowest BCUT2D eigenvalue weighted by Gasteiger charge is -2.27. The van der Waals surface area contributed by atoms with E-state index in [2.05, 4.69) is 0 Å². The SMILES string of the molecule is COc1cc(/C=C(/C(C)=O)C(=O)N2CCOCC2)ccc1OCc1ccccc1. The molecule has 29 heavy (non-hydrogen) atoms. The number of benzene rings is 2. The zero-order valence-electron chi connectivity index (χ0n) is 16.7. The maximum atomic E-state index is 12.8. The van der Waals surface area contributed by atoms with Gasteiger partial charge in [-0.1, -0.05) is 36.4 Å². The van der Waals surface area contributed by atoms with Gasteiger partial charge in [-0.25, -0.2) is 0 Å². The van der Waals surface area contributed by atoms with E-state index in [0.29, 0.717) is 50.0 Å². The molecule has 6 nitrogen and oxygen atoms in total. The Morgan fingerprint density at radius 2 is 1.79 bits per heavy atom. The summed E-state index contributed by atoms with van der Waals surface area (Å²) in [6.07, 6.45) is 1.60. The molecule has 6 heteroatoms. The summed E-state index contributed by atoms with van der Waals surface area (Å²) in [6.45, 7) is 3.76. The van der Waals surface area contributed by atoms with Gasteiger partial charge in [0.15, 0.2) is 17.3 Å². The van der Waals surface area contributed by atoms with Crippen LogP contribution in [0.2, 0.25) is 0 Å². The summed E-state index contributed by atoms with van der Waals surface area (Å²) in [4.78, 5) is 26.5. The molecule has 1 fully saturated rings. The Bertz CT molecular complexity index is 885. The molecule has 1 aliphatic heterocycles. The van der Waals surface area contributed by atoms with Crippen LogP contribution in [0.4, 0.5) is 0 Å². The van der Waals surface area contributed by atoms with Crippen molar-refractivity contribution in [2.75, 3.05) is 33.4 Å². The minimum atomic E-state index is -0.274. The first kappa shape index (κ1) is 20.6. The average molecular weight is 395 g/mol. The van der Waals surface area contributed by atoms with Crippen LogP contribution < -0.4 is 9.47 Å². The molecule has 0 radical (unpaired) electrons. The van der Waals surface area contributed by atoms with Crippen LogP contribution in [-0.4, -0.2) is 50.0 Å². The minimum absolute atomic E-state index is 0.145. The number of morpholine rings is 1. The van der Waals surface area contributed by atoms with Crippen LogP contribution in [0.5, 0.6) is 11.5 Å². The lowest BCUT2D eigenvalue weighted by Crippen LogP contribution is -2.42. The molecule has 0 atom stereocenters. The molecule has 0 unspecified atom stereocenters. The van der Waals surface area contributed by atoms with E-state index in [1.165, 1.54) is 6.92 Å². The van der Waals surface area contributed by atoms with Gasteiger partial charge < -0.3 is 19.1 Å². The van der Waals surface area contributed by atoms with Crippen molar-refractivity contribution < 1.29 is 23.8 Å². The molecule has 0 aliphatic carbocycles. The van der Waals surface area contributed by atoms with E-state index in [1.807, 2.05) is 30.3 Å². The molecule has 2 aromatic rings. The fourth-order valence-electron chi connectivity index (χ4n) is 3.05. The average Bonchev–Trinajstić information content (AvgIpc) is 2.77. The normalized spacial score (nSPS) is 14.4. The quantitative estimate of drug-likeness (QED) is 0.409. The Labute approximate surface area is 170 Å². The number of hydrogen-bond acceptors (Lipinski definition) is 5. The number of ketones is 1. The van der Waals surface area contributed by atoms with Crippen molar-refractivity contribution in [1.82, 2.24) is 4.90 Å². The number of carbonyl (C=O) groups excluding carboxylic acids is 2. The van der Waals surface area contributed by atoms with Crippen LogP contribution in [0.1, 0.15) is 18.1 Å². The number of hydrogen-bond donors (Lipinski definition) is 0. The predicted octanol–water partition coefficient (Wildman–Crippen LogP) is 3.11. The Morgan fingerprint density at radius 1 is 1.07 bits per heavy atom. The highest BCUT2D eigenvalue weighted by atomic mass is 16.5.